The van der Waals surface area contributed by atoms with Gasteiger partial charge in [-0.1, -0.05) is 0 Å². The van der Waals surface area contributed by atoms with Crippen molar-refractivity contribution in [2.45, 2.75) is 6.42 Å². The van der Waals surface area contributed by atoms with Gasteiger partial charge < -0.3 is 19.3 Å². The van der Waals surface area contributed by atoms with Gasteiger partial charge >= 0.3 is 7.60 Å². The lowest BCUT2D eigenvalue weighted by molar-refractivity contribution is 0.236. The van der Waals surface area contributed by atoms with E-state index in [2.05, 4.69) is 10.2 Å². The SMILES string of the molecule is COP(=O)(CCCN1CCNCC1)OC. The Labute approximate surface area is 91.7 Å². The zero-order valence-electron chi connectivity index (χ0n) is 9.57. The van der Waals surface area contributed by atoms with Crippen molar-refractivity contribution >= 4 is 7.60 Å². The molecule has 1 N–H and O–H groups in total. The predicted octanol–water partition coefficient (Wildman–Crippen LogP) is 0.768. The molecule has 0 aromatic heterocycles. The molecule has 1 fully saturated rings. The summed E-state index contributed by atoms with van der Waals surface area (Å²) in [7, 11) is 0.0881. The maximum absolute atomic E-state index is 11.7. The maximum Gasteiger partial charge on any atom is 0.330 e. The molecule has 1 saturated heterocycles. The smallest absolute Gasteiger partial charge is 0.314 e. The molecular weight excluding hydrogens is 215 g/mol. The van der Waals surface area contributed by atoms with Crippen molar-refractivity contribution in [1.29, 1.82) is 0 Å². The number of nitrogens with zero attached hydrogens (tertiary/aromatic N) is 1. The summed E-state index contributed by atoms with van der Waals surface area (Å²) in [4.78, 5) is 2.37. The number of nitrogens with one attached hydrogen (secondary N) is 1. The fourth-order valence-corrected chi connectivity index (χ4v) is 2.72. The first-order valence-corrected chi connectivity index (χ1v) is 7.06. The van der Waals surface area contributed by atoms with Crippen LogP contribution in [0.5, 0.6) is 0 Å². The Bertz CT molecular complexity index is 211. The van der Waals surface area contributed by atoms with Gasteiger partial charge in [0.25, 0.3) is 0 Å². The highest BCUT2D eigenvalue weighted by Crippen LogP contribution is 2.46. The molecule has 0 bridgehead atoms. The van der Waals surface area contributed by atoms with Gasteiger partial charge in [0.05, 0.1) is 6.16 Å². The summed E-state index contributed by atoms with van der Waals surface area (Å²) in [6, 6.07) is 0. The van der Waals surface area contributed by atoms with Gasteiger partial charge in [-0.3, -0.25) is 4.57 Å². The van der Waals surface area contributed by atoms with E-state index in [0.29, 0.717) is 6.16 Å². The highest BCUT2D eigenvalue weighted by molar-refractivity contribution is 7.53. The van der Waals surface area contributed by atoms with Gasteiger partial charge in [0, 0.05) is 40.4 Å². The van der Waals surface area contributed by atoms with Crippen LogP contribution in [0.25, 0.3) is 0 Å². The van der Waals surface area contributed by atoms with Gasteiger partial charge in [-0.25, -0.2) is 0 Å². The van der Waals surface area contributed by atoms with E-state index in [0.717, 1.165) is 39.1 Å². The fraction of sp³-hybridized carbons (Fsp3) is 1.00. The Kier molecular flexibility index (Phi) is 5.79. The van der Waals surface area contributed by atoms with Gasteiger partial charge in [-0.05, 0) is 13.0 Å². The van der Waals surface area contributed by atoms with E-state index in [1.807, 2.05) is 0 Å². The van der Waals surface area contributed by atoms with E-state index >= 15 is 0 Å². The molecule has 0 spiro atoms. The standard InChI is InChI=1S/C9H21N2O3P/c1-13-15(12,14-2)9-3-6-11-7-4-10-5-8-11/h10H,3-9H2,1-2H3. The zero-order valence-corrected chi connectivity index (χ0v) is 10.5. The molecule has 1 heterocycles. The Balaban J connectivity index is 2.16. The Morgan fingerprint density at radius 3 is 2.40 bits per heavy atom. The number of hydrogen-bond donors (Lipinski definition) is 1. The first-order valence-electron chi connectivity index (χ1n) is 5.34. The lowest BCUT2D eigenvalue weighted by Gasteiger charge is -2.27. The molecule has 1 rings (SSSR count). The van der Waals surface area contributed by atoms with Crippen LogP contribution in [-0.4, -0.2) is 58.0 Å². The Morgan fingerprint density at radius 2 is 1.87 bits per heavy atom. The maximum atomic E-state index is 11.7. The first kappa shape index (κ1) is 13.1. The van der Waals surface area contributed by atoms with Gasteiger partial charge in [-0.15, -0.1) is 0 Å². The minimum atomic E-state index is -2.79. The molecule has 1 aliphatic rings. The average Bonchev–Trinajstić information content (AvgIpc) is 2.30. The monoisotopic (exact) mass is 236 g/mol. The second-order valence-electron chi connectivity index (χ2n) is 3.64. The van der Waals surface area contributed by atoms with E-state index in [9.17, 15) is 4.57 Å². The third-order valence-electron chi connectivity index (χ3n) is 2.67. The molecule has 0 aromatic rings. The molecule has 15 heavy (non-hydrogen) atoms. The normalized spacial score (nSPS) is 19.3. The average molecular weight is 236 g/mol. The van der Waals surface area contributed by atoms with E-state index in [1.54, 1.807) is 0 Å². The zero-order chi connectivity index (χ0) is 11.1. The summed E-state index contributed by atoms with van der Waals surface area (Å²) in [6.07, 6.45) is 1.36. The molecule has 0 unspecified atom stereocenters. The predicted molar refractivity (Wildman–Crippen MR) is 60.4 cm³/mol. The summed E-state index contributed by atoms with van der Waals surface area (Å²) in [5.74, 6) is 0. The van der Waals surface area contributed by atoms with Gasteiger partial charge in [0.1, 0.15) is 0 Å². The van der Waals surface area contributed by atoms with Crippen molar-refractivity contribution in [3.63, 3.8) is 0 Å². The summed E-state index contributed by atoms with van der Waals surface area (Å²) < 4.78 is 21.5. The van der Waals surface area contributed by atoms with E-state index in [4.69, 9.17) is 9.05 Å². The van der Waals surface area contributed by atoms with Gasteiger partial charge in [0.15, 0.2) is 0 Å². The Hall–Kier alpha value is 0.0700. The molecule has 5 nitrogen and oxygen atoms in total. The fourth-order valence-electron chi connectivity index (χ4n) is 1.68. The summed E-state index contributed by atoms with van der Waals surface area (Å²) in [6.45, 7) is 5.21. The van der Waals surface area contributed by atoms with Crippen LogP contribution in [0.3, 0.4) is 0 Å². The van der Waals surface area contributed by atoms with Crippen LogP contribution in [-0.2, 0) is 13.6 Å². The number of piperazine rings is 1. The van der Waals surface area contributed by atoms with E-state index < -0.39 is 7.60 Å². The topological polar surface area (TPSA) is 50.8 Å². The largest absolute Gasteiger partial charge is 0.330 e. The van der Waals surface area contributed by atoms with E-state index in [1.165, 1.54) is 14.2 Å². The first-order chi connectivity index (χ1) is 7.20. The van der Waals surface area contributed by atoms with Crippen LogP contribution >= 0.6 is 7.60 Å². The van der Waals surface area contributed by atoms with Crippen molar-refractivity contribution in [2.75, 3.05) is 53.1 Å². The van der Waals surface area contributed by atoms with Crippen LogP contribution in [0.15, 0.2) is 0 Å². The molecule has 1 aliphatic heterocycles. The van der Waals surface area contributed by atoms with Crippen molar-refractivity contribution in [1.82, 2.24) is 10.2 Å². The molecule has 0 saturated carbocycles. The second kappa shape index (κ2) is 6.61. The quantitative estimate of drug-likeness (QED) is 0.690. The minimum Gasteiger partial charge on any atom is -0.314 e. The molecule has 6 heteroatoms. The Morgan fingerprint density at radius 1 is 1.27 bits per heavy atom. The lowest BCUT2D eigenvalue weighted by atomic mass is 10.3. The number of hydrogen-bond acceptors (Lipinski definition) is 5. The molecule has 0 amide bonds. The second-order valence-corrected chi connectivity index (χ2v) is 6.04. The van der Waals surface area contributed by atoms with Crippen LogP contribution in [0.4, 0.5) is 0 Å². The highest BCUT2D eigenvalue weighted by atomic mass is 31.2. The molecule has 90 valence electrons. The molecule has 0 radical (unpaired) electrons. The lowest BCUT2D eigenvalue weighted by Crippen LogP contribution is -2.43. The third kappa shape index (κ3) is 4.62. The van der Waals surface area contributed by atoms with Crippen molar-refractivity contribution in [3.05, 3.63) is 0 Å². The van der Waals surface area contributed by atoms with Crippen molar-refractivity contribution < 1.29 is 13.6 Å². The number of rotatable bonds is 6. The molecule has 0 atom stereocenters. The van der Waals surface area contributed by atoms with Gasteiger partial charge in [-0.2, -0.15) is 0 Å². The van der Waals surface area contributed by atoms with Crippen LogP contribution in [0, 0.1) is 0 Å². The van der Waals surface area contributed by atoms with Crippen molar-refractivity contribution in [3.8, 4) is 0 Å². The van der Waals surface area contributed by atoms with Crippen LogP contribution in [0.1, 0.15) is 6.42 Å². The minimum absolute atomic E-state index is 0.504. The summed E-state index contributed by atoms with van der Waals surface area (Å²) >= 11 is 0. The third-order valence-corrected chi connectivity index (χ3v) is 4.65. The molecule has 0 aliphatic carbocycles. The summed E-state index contributed by atoms with van der Waals surface area (Å²) in [5.41, 5.74) is 0. The van der Waals surface area contributed by atoms with E-state index in [-0.39, 0.29) is 0 Å². The van der Waals surface area contributed by atoms with Crippen molar-refractivity contribution in [2.24, 2.45) is 0 Å². The summed E-state index contributed by atoms with van der Waals surface area (Å²) in [5, 5.41) is 3.30. The molecular formula is C9H21N2O3P. The van der Waals surface area contributed by atoms with Crippen LogP contribution in [0.2, 0.25) is 0 Å². The molecule has 0 aromatic carbocycles. The van der Waals surface area contributed by atoms with Crippen LogP contribution < -0.4 is 5.32 Å². The highest BCUT2D eigenvalue weighted by Gasteiger charge is 2.20. The van der Waals surface area contributed by atoms with Gasteiger partial charge in [0.2, 0.25) is 0 Å².